The van der Waals surface area contributed by atoms with Crippen LogP contribution in [0.25, 0.3) is 0 Å². The summed E-state index contributed by atoms with van der Waals surface area (Å²) in [5.74, 6) is -1.36. The number of rotatable bonds is 4. The van der Waals surface area contributed by atoms with E-state index in [4.69, 9.17) is 10.5 Å². The topological polar surface area (TPSA) is 35.2 Å². The van der Waals surface area contributed by atoms with Gasteiger partial charge in [0.2, 0.25) is 0 Å². The molecule has 106 valence electrons. The van der Waals surface area contributed by atoms with Gasteiger partial charge in [-0.1, -0.05) is 0 Å². The van der Waals surface area contributed by atoms with Crippen LogP contribution in [-0.4, -0.2) is 0 Å². The van der Waals surface area contributed by atoms with Gasteiger partial charge in [0.05, 0.1) is 0 Å². The molecule has 2 N–H and O–H groups in total. The highest BCUT2D eigenvalue weighted by molar-refractivity contribution is 5.36. The van der Waals surface area contributed by atoms with E-state index in [0.29, 0.717) is 16.9 Å². The molecule has 2 aromatic rings. The van der Waals surface area contributed by atoms with Crippen molar-refractivity contribution in [1.82, 2.24) is 0 Å². The summed E-state index contributed by atoms with van der Waals surface area (Å²) < 4.78 is 44.7. The minimum Gasteiger partial charge on any atom is -0.489 e. The zero-order chi connectivity index (χ0) is 14.7. The molecule has 0 spiro atoms. The van der Waals surface area contributed by atoms with Gasteiger partial charge in [0.15, 0.2) is 0 Å². The maximum absolute atomic E-state index is 13.2. The van der Waals surface area contributed by atoms with E-state index in [0.717, 1.165) is 6.07 Å². The molecule has 2 nitrogen and oxygen atoms in total. The molecule has 0 aromatic heterocycles. The van der Waals surface area contributed by atoms with Crippen LogP contribution in [0.5, 0.6) is 5.75 Å². The molecule has 20 heavy (non-hydrogen) atoms. The molecule has 0 radical (unpaired) electrons. The van der Waals surface area contributed by atoms with Gasteiger partial charge in [-0.25, -0.2) is 13.2 Å². The van der Waals surface area contributed by atoms with Crippen molar-refractivity contribution in [3.05, 3.63) is 65.0 Å². The Morgan fingerprint density at radius 2 is 1.65 bits per heavy atom. The van der Waals surface area contributed by atoms with Crippen LogP contribution in [0.3, 0.4) is 0 Å². The Morgan fingerprint density at radius 3 is 2.25 bits per heavy atom. The van der Waals surface area contributed by atoms with Crippen molar-refractivity contribution in [2.45, 2.75) is 19.6 Å². The first-order valence-electron chi connectivity index (χ1n) is 6.08. The summed E-state index contributed by atoms with van der Waals surface area (Å²) in [6.45, 7) is 1.67. The summed E-state index contributed by atoms with van der Waals surface area (Å²) in [6.07, 6.45) is 0. The fraction of sp³-hybridized carbons (Fsp3) is 0.200. The molecule has 0 bridgehead atoms. The summed E-state index contributed by atoms with van der Waals surface area (Å²) >= 11 is 0. The molecule has 0 saturated carbocycles. The number of benzene rings is 2. The summed E-state index contributed by atoms with van der Waals surface area (Å²) in [5, 5.41) is 0. The largest absolute Gasteiger partial charge is 0.489 e. The van der Waals surface area contributed by atoms with E-state index >= 15 is 0 Å². The molecule has 2 rings (SSSR count). The van der Waals surface area contributed by atoms with Crippen LogP contribution in [0.4, 0.5) is 13.2 Å². The number of nitrogens with two attached hydrogens (primary N) is 1. The van der Waals surface area contributed by atoms with Crippen molar-refractivity contribution in [2.75, 3.05) is 0 Å². The van der Waals surface area contributed by atoms with Crippen LogP contribution in [0, 0.1) is 17.5 Å². The maximum Gasteiger partial charge on any atom is 0.126 e. The lowest BCUT2D eigenvalue weighted by atomic mass is 10.1. The summed E-state index contributed by atoms with van der Waals surface area (Å²) in [7, 11) is 0. The third-order valence-electron chi connectivity index (χ3n) is 2.78. The molecule has 2 aromatic carbocycles. The average Bonchev–Trinajstić information content (AvgIpc) is 2.36. The van der Waals surface area contributed by atoms with Crippen LogP contribution in [0.1, 0.15) is 24.1 Å². The molecule has 5 heteroatoms. The summed E-state index contributed by atoms with van der Waals surface area (Å²) in [5.41, 5.74) is 6.59. The van der Waals surface area contributed by atoms with E-state index in [-0.39, 0.29) is 6.61 Å². The molecular weight excluding hydrogens is 267 g/mol. The summed E-state index contributed by atoms with van der Waals surface area (Å²) in [4.78, 5) is 0. The predicted octanol–water partition coefficient (Wildman–Crippen LogP) is 3.70. The lowest BCUT2D eigenvalue weighted by Crippen LogP contribution is -2.08. The van der Waals surface area contributed by atoms with E-state index in [1.807, 2.05) is 0 Å². The van der Waals surface area contributed by atoms with Crippen LogP contribution in [0.15, 0.2) is 36.4 Å². The van der Waals surface area contributed by atoms with Crippen molar-refractivity contribution in [3.8, 4) is 5.75 Å². The van der Waals surface area contributed by atoms with Crippen molar-refractivity contribution in [3.63, 3.8) is 0 Å². The highest BCUT2D eigenvalue weighted by atomic mass is 19.1. The first-order chi connectivity index (χ1) is 9.45. The number of hydrogen-bond acceptors (Lipinski definition) is 2. The number of ether oxygens (including phenoxy) is 1. The van der Waals surface area contributed by atoms with Crippen molar-refractivity contribution in [1.29, 1.82) is 0 Å². The molecule has 0 aliphatic heterocycles. The van der Waals surface area contributed by atoms with E-state index in [2.05, 4.69) is 0 Å². The highest BCUT2D eigenvalue weighted by Crippen LogP contribution is 2.25. The normalized spacial score (nSPS) is 12.2. The van der Waals surface area contributed by atoms with Crippen molar-refractivity contribution in [2.24, 2.45) is 5.73 Å². The van der Waals surface area contributed by atoms with Crippen LogP contribution < -0.4 is 10.5 Å². The van der Waals surface area contributed by atoms with Gasteiger partial charge in [0.1, 0.15) is 29.8 Å². The van der Waals surface area contributed by atoms with Gasteiger partial charge in [0, 0.05) is 17.7 Å². The monoisotopic (exact) mass is 281 g/mol. The second-order valence-corrected chi connectivity index (χ2v) is 4.54. The van der Waals surface area contributed by atoms with E-state index in [9.17, 15) is 13.2 Å². The predicted molar refractivity (Wildman–Crippen MR) is 69.7 cm³/mol. The van der Waals surface area contributed by atoms with Crippen LogP contribution in [-0.2, 0) is 6.61 Å². The molecule has 1 atom stereocenters. The maximum atomic E-state index is 13.2. The second-order valence-electron chi connectivity index (χ2n) is 4.54. The quantitative estimate of drug-likeness (QED) is 0.927. The zero-order valence-electron chi connectivity index (χ0n) is 10.9. The Labute approximate surface area is 115 Å². The third-order valence-corrected chi connectivity index (χ3v) is 2.78. The minimum atomic E-state index is -0.671. The Morgan fingerprint density at radius 1 is 1.00 bits per heavy atom. The first-order valence-corrected chi connectivity index (χ1v) is 6.08. The van der Waals surface area contributed by atoms with Gasteiger partial charge < -0.3 is 10.5 Å². The molecule has 0 amide bonds. The highest BCUT2D eigenvalue weighted by Gasteiger charge is 2.10. The molecule has 0 fully saturated rings. The lowest BCUT2D eigenvalue weighted by Gasteiger charge is -2.14. The lowest BCUT2D eigenvalue weighted by molar-refractivity contribution is 0.299. The van der Waals surface area contributed by atoms with Gasteiger partial charge in [-0.3, -0.25) is 0 Å². The zero-order valence-corrected chi connectivity index (χ0v) is 10.9. The van der Waals surface area contributed by atoms with Crippen molar-refractivity contribution < 1.29 is 17.9 Å². The van der Waals surface area contributed by atoms with Crippen LogP contribution in [0.2, 0.25) is 0 Å². The molecule has 0 unspecified atom stereocenters. The van der Waals surface area contributed by atoms with E-state index in [1.54, 1.807) is 6.92 Å². The fourth-order valence-corrected chi connectivity index (χ4v) is 1.86. The minimum absolute atomic E-state index is 0.0277. The Bertz CT molecular complexity index is 594. The Hall–Kier alpha value is -2.01. The van der Waals surface area contributed by atoms with Gasteiger partial charge in [-0.15, -0.1) is 0 Å². The Kier molecular flexibility index (Phi) is 4.29. The van der Waals surface area contributed by atoms with Crippen LogP contribution >= 0.6 is 0 Å². The summed E-state index contributed by atoms with van der Waals surface area (Å²) in [6, 6.07) is 6.71. The standard InChI is InChI=1S/C15H14F3NO/c1-9(19)14-7-11(16)2-3-15(14)20-8-10-4-12(17)6-13(18)5-10/h2-7,9H,8,19H2,1H3/t9-/m0/s1. The number of halogens is 3. The fourth-order valence-electron chi connectivity index (χ4n) is 1.86. The molecule has 0 saturated heterocycles. The Balaban J connectivity index is 2.18. The SMILES string of the molecule is C[C@H](N)c1cc(F)ccc1OCc1cc(F)cc(F)c1. The first kappa shape index (κ1) is 14.4. The number of hydrogen-bond donors (Lipinski definition) is 1. The van der Waals surface area contributed by atoms with Gasteiger partial charge in [-0.2, -0.15) is 0 Å². The van der Waals surface area contributed by atoms with Gasteiger partial charge in [0.25, 0.3) is 0 Å². The molecule has 0 heterocycles. The average molecular weight is 281 g/mol. The van der Waals surface area contributed by atoms with Gasteiger partial charge in [-0.05, 0) is 42.8 Å². The van der Waals surface area contributed by atoms with Crippen molar-refractivity contribution >= 4 is 0 Å². The van der Waals surface area contributed by atoms with Gasteiger partial charge >= 0.3 is 0 Å². The van der Waals surface area contributed by atoms with E-state index in [1.165, 1.54) is 30.3 Å². The molecular formula is C15H14F3NO. The molecule has 0 aliphatic carbocycles. The smallest absolute Gasteiger partial charge is 0.126 e. The third kappa shape index (κ3) is 3.51. The van der Waals surface area contributed by atoms with E-state index < -0.39 is 23.5 Å². The molecule has 0 aliphatic rings. The second kappa shape index (κ2) is 5.96.